The average Bonchev–Trinajstić information content (AvgIpc) is 2.66. The van der Waals surface area contributed by atoms with Gasteiger partial charge in [-0.05, 0) is 18.6 Å². The second-order valence-electron chi connectivity index (χ2n) is 2.87. The fourth-order valence-electron chi connectivity index (χ4n) is 1.04. The number of methoxy groups -OCH3 is 1. The van der Waals surface area contributed by atoms with E-state index in [1.54, 1.807) is 18.4 Å². The summed E-state index contributed by atoms with van der Waals surface area (Å²) in [6, 6.07) is 3.86. The zero-order chi connectivity index (χ0) is 10.4. The minimum atomic E-state index is -0.00764. The van der Waals surface area contributed by atoms with Crippen molar-refractivity contribution in [3.05, 3.63) is 21.9 Å². The number of carbonyl (C=O) groups is 1. The van der Waals surface area contributed by atoms with Gasteiger partial charge in [-0.15, -0.1) is 11.3 Å². The number of hydrogen-bond acceptors (Lipinski definition) is 3. The van der Waals surface area contributed by atoms with Crippen LogP contribution in [0.4, 0.5) is 0 Å². The smallest absolute Gasteiger partial charge is 0.261 e. The van der Waals surface area contributed by atoms with Crippen LogP contribution < -0.4 is 5.32 Å². The highest BCUT2D eigenvalue weighted by Crippen LogP contribution is 2.16. The van der Waals surface area contributed by atoms with Gasteiger partial charge < -0.3 is 10.1 Å². The molecule has 0 radical (unpaired) electrons. The Morgan fingerprint density at radius 2 is 2.36 bits per heavy atom. The minimum Gasteiger partial charge on any atom is -0.383 e. The number of thiophene rings is 1. The molecule has 1 amide bonds. The minimum absolute atomic E-state index is 0.00764. The molecule has 0 saturated carbocycles. The standard InChI is InChI=1S/C10H15NO2S/c1-3-8-4-5-9(14-8)10(12)11-6-7-13-2/h4-5H,3,6-7H2,1-2H3,(H,11,12). The summed E-state index contributed by atoms with van der Waals surface area (Å²) in [7, 11) is 1.62. The number of carbonyl (C=O) groups excluding carboxylic acids is 1. The predicted molar refractivity (Wildman–Crippen MR) is 57.9 cm³/mol. The molecule has 1 rings (SSSR count). The lowest BCUT2D eigenvalue weighted by atomic mass is 10.3. The van der Waals surface area contributed by atoms with E-state index in [-0.39, 0.29) is 5.91 Å². The normalized spacial score (nSPS) is 10.1. The third-order valence-electron chi connectivity index (χ3n) is 1.83. The molecule has 4 heteroatoms. The van der Waals surface area contributed by atoms with Crippen LogP contribution in [0.2, 0.25) is 0 Å². The molecule has 1 N–H and O–H groups in total. The molecular formula is C10H15NO2S. The van der Waals surface area contributed by atoms with Crippen molar-refractivity contribution in [1.29, 1.82) is 0 Å². The van der Waals surface area contributed by atoms with Gasteiger partial charge in [0, 0.05) is 18.5 Å². The molecule has 0 atom stereocenters. The Kier molecular flexibility index (Phi) is 4.62. The first-order valence-corrected chi connectivity index (χ1v) is 5.45. The van der Waals surface area contributed by atoms with E-state index in [2.05, 4.69) is 12.2 Å². The molecule has 3 nitrogen and oxygen atoms in total. The molecule has 78 valence electrons. The Morgan fingerprint density at radius 1 is 1.57 bits per heavy atom. The van der Waals surface area contributed by atoms with Crippen LogP contribution in [0.1, 0.15) is 21.5 Å². The SMILES string of the molecule is CCc1ccc(C(=O)NCCOC)s1. The molecule has 0 aliphatic heterocycles. The highest BCUT2D eigenvalue weighted by Gasteiger charge is 2.07. The van der Waals surface area contributed by atoms with E-state index in [1.807, 2.05) is 12.1 Å². The topological polar surface area (TPSA) is 38.3 Å². The number of amides is 1. The van der Waals surface area contributed by atoms with Gasteiger partial charge in [0.15, 0.2) is 0 Å². The fourth-order valence-corrected chi connectivity index (χ4v) is 1.91. The van der Waals surface area contributed by atoms with Crippen molar-refractivity contribution in [2.45, 2.75) is 13.3 Å². The van der Waals surface area contributed by atoms with E-state index >= 15 is 0 Å². The molecule has 0 bridgehead atoms. The first kappa shape index (κ1) is 11.2. The van der Waals surface area contributed by atoms with Gasteiger partial charge in [-0.25, -0.2) is 0 Å². The van der Waals surface area contributed by atoms with E-state index in [0.717, 1.165) is 11.3 Å². The molecule has 0 saturated heterocycles. The lowest BCUT2D eigenvalue weighted by Crippen LogP contribution is -2.26. The molecule has 0 unspecified atom stereocenters. The van der Waals surface area contributed by atoms with Gasteiger partial charge in [-0.1, -0.05) is 6.92 Å². The second-order valence-corrected chi connectivity index (χ2v) is 4.04. The first-order valence-electron chi connectivity index (χ1n) is 4.63. The second kappa shape index (κ2) is 5.78. The van der Waals surface area contributed by atoms with Gasteiger partial charge in [0.1, 0.15) is 0 Å². The quantitative estimate of drug-likeness (QED) is 0.756. The van der Waals surface area contributed by atoms with Crippen molar-refractivity contribution >= 4 is 17.2 Å². The zero-order valence-corrected chi connectivity index (χ0v) is 9.32. The van der Waals surface area contributed by atoms with Crippen molar-refractivity contribution in [3.63, 3.8) is 0 Å². The maximum Gasteiger partial charge on any atom is 0.261 e. The maximum absolute atomic E-state index is 11.5. The third kappa shape index (κ3) is 3.12. The predicted octanol–water partition coefficient (Wildman–Crippen LogP) is 1.69. The van der Waals surface area contributed by atoms with Gasteiger partial charge >= 0.3 is 0 Å². The van der Waals surface area contributed by atoms with Gasteiger partial charge in [0.05, 0.1) is 11.5 Å². The first-order chi connectivity index (χ1) is 6.77. The van der Waals surface area contributed by atoms with E-state index in [9.17, 15) is 4.79 Å². The highest BCUT2D eigenvalue weighted by atomic mass is 32.1. The van der Waals surface area contributed by atoms with Gasteiger partial charge in [0.2, 0.25) is 0 Å². The largest absolute Gasteiger partial charge is 0.383 e. The summed E-state index contributed by atoms with van der Waals surface area (Å²) in [6.07, 6.45) is 0.982. The van der Waals surface area contributed by atoms with Gasteiger partial charge in [-0.2, -0.15) is 0 Å². The molecular weight excluding hydrogens is 198 g/mol. The van der Waals surface area contributed by atoms with Crippen LogP contribution in [-0.2, 0) is 11.2 Å². The highest BCUT2D eigenvalue weighted by molar-refractivity contribution is 7.14. The summed E-state index contributed by atoms with van der Waals surface area (Å²) in [6.45, 7) is 3.20. The molecule has 1 aromatic heterocycles. The van der Waals surface area contributed by atoms with Crippen molar-refractivity contribution in [1.82, 2.24) is 5.32 Å². The molecule has 0 aromatic carbocycles. The van der Waals surface area contributed by atoms with Crippen molar-refractivity contribution in [3.8, 4) is 0 Å². The lowest BCUT2D eigenvalue weighted by molar-refractivity contribution is 0.0941. The fraction of sp³-hybridized carbons (Fsp3) is 0.500. The Labute approximate surface area is 88.1 Å². The summed E-state index contributed by atoms with van der Waals surface area (Å²) >= 11 is 1.55. The van der Waals surface area contributed by atoms with E-state index in [4.69, 9.17) is 4.74 Å². The molecule has 1 heterocycles. The lowest BCUT2D eigenvalue weighted by Gasteiger charge is -2.01. The van der Waals surface area contributed by atoms with Gasteiger partial charge in [0.25, 0.3) is 5.91 Å². The summed E-state index contributed by atoms with van der Waals surface area (Å²) in [5.41, 5.74) is 0. The molecule has 1 aromatic rings. The number of nitrogens with one attached hydrogen (secondary N) is 1. The number of hydrogen-bond donors (Lipinski definition) is 1. The zero-order valence-electron chi connectivity index (χ0n) is 8.50. The molecule has 14 heavy (non-hydrogen) atoms. The number of rotatable bonds is 5. The summed E-state index contributed by atoms with van der Waals surface area (Å²) < 4.78 is 4.84. The van der Waals surface area contributed by atoms with Crippen LogP contribution in [0, 0.1) is 0 Å². The molecule has 0 aliphatic carbocycles. The Balaban J connectivity index is 2.44. The van der Waals surface area contributed by atoms with Gasteiger partial charge in [-0.3, -0.25) is 4.79 Å². The maximum atomic E-state index is 11.5. The third-order valence-corrected chi connectivity index (χ3v) is 3.05. The van der Waals surface area contributed by atoms with Crippen molar-refractivity contribution in [2.24, 2.45) is 0 Å². The summed E-state index contributed by atoms with van der Waals surface area (Å²) in [5, 5.41) is 2.78. The summed E-state index contributed by atoms with van der Waals surface area (Å²) in [4.78, 5) is 13.5. The number of aryl methyl sites for hydroxylation is 1. The molecule has 0 spiro atoms. The van der Waals surface area contributed by atoms with Crippen LogP contribution in [0.25, 0.3) is 0 Å². The van der Waals surface area contributed by atoms with Crippen LogP contribution in [0.5, 0.6) is 0 Å². The van der Waals surface area contributed by atoms with Crippen LogP contribution in [0.3, 0.4) is 0 Å². The van der Waals surface area contributed by atoms with Crippen molar-refractivity contribution < 1.29 is 9.53 Å². The van der Waals surface area contributed by atoms with Crippen LogP contribution >= 0.6 is 11.3 Å². The van der Waals surface area contributed by atoms with E-state index in [1.165, 1.54) is 4.88 Å². The Bertz CT molecular complexity index is 296. The Morgan fingerprint density at radius 3 is 2.93 bits per heavy atom. The molecule has 0 aliphatic rings. The number of ether oxygens (including phenoxy) is 1. The monoisotopic (exact) mass is 213 g/mol. The van der Waals surface area contributed by atoms with E-state index < -0.39 is 0 Å². The van der Waals surface area contributed by atoms with Crippen LogP contribution in [-0.4, -0.2) is 26.2 Å². The van der Waals surface area contributed by atoms with E-state index in [0.29, 0.717) is 13.2 Å². The van der Waals surface area contributed by atoms with Crippen LogP contribution in [0.15, 0.2) is 12.1 Å². The summed E-state index contributed by atoms with van der Waals surface area (Å²) in [5.74, 6) is -0.00764. The van der Waals surface area contributed by atoms with Crippen molar-refractivity contribution in [2.75, 3.05) is 20.3 Å². The Hall–Kier alpha value is -0.870. The molecule has 0 fully saturated rings. The average molecular weight is 213 g/mol.